The van der Waals surface area contributed by atoms with Crippen molar-refractivity contribution in [3.8, 4) is 5.75 Å². The number of rotatable bonds is 10. The van der Waals surface area contributed by atoms with Gasteiger partial charge in [-0.2, -0.15) is 47.9 Å². The summed E-state index contributed by atoms with van der Waals surface area (Å²) in [5.74, 6) is -15.5. The minimum Gasteiger partial charge on any atom is -0.508 e. The lowest BCUT2D eigenvalue weighted by atomic mass is 10.00. The molecule has 258 valence electrons. The molecule has 0 radical (unpaired) electrons. The third-order valence-electron chi connectivity index (χ3n) is 7.31. The van der Waals surface area contributed by atoms with Gasteiger partial charge in [0.05, 0.1) is 0 Å². The van der Waals surface area contributed by atoms with Crippen molar-refractivity contribution in [1.29, 1.82) is 0 Å². The van der Waals surface area contributed by atoms with E-state index in [1.165, 1.54) is 121 Å². The summed E-state index contributed by atoms with van der Waals surface area (Å²) in [6.07, 6.45) is -7.26. The molecule has 1 N–H and O–H groups in total. The third kappa shape index (κ3) is 6.01. The minimum absolute atomic E-state index is 0.0785. The number of hydrogen-bond acceptors (Lipinski definition) is 5. The number of alkyl halides is 9. The van der Waals surface area contributed by atoms with E-state index in [0.717, 1.165) is 0 Å². The van der Waals surface area contributed by atoms with Crippen LogP contribution in [0, 0.1) is 0 Å². The molecule has 0 aromatic heterocycles. The summed E-state index contributed by atoms with van der Waals surface area (Å²) in [5.41, 5.74) is 0.389. The highest BCUT2D eigenvalue weighted by molar-refractivity contribution is 8.33. The van der Waals surface area contributed by atoms with Gasteiger partial charge in [-0.3, -0.25) is 4.79 Å². The molecule has 0 aliphatic heterocycles. The number of halogens is 9. The molecular weight excluding hydrogens is 711 g/mol. The smallest absolute Gasteiger partial charge is 0.460 e. The molecule has 0 amide bonds. The molecule has 0 aliphatic carbocycles. The maximum absolute atomic E-state index is 15.1. The van der Waals surface area contributed by atoms with Crippen LogP contribution in [0.2, 0.25) is 0 Å². The van der Waals surface area contributed by atoms with Crippen LogP contribution < -0.4 is 0 Å². The fourth-order valence-electron chi connectivity index (χ4n) is 4.77. The predicted octanol–water partition coefficient (Wildman–Crippen LogP) is 9.75. The van der Waals surface area contributed by atoms with E-state index < -0.39 is 49.5 Å². The van der Waals surface area contributed by atoms with E-state index in [-0.39, 0.29) is 36.9 Å². The van der Waals surface area contributed by atoms with Crippen LogP contribution in [-0.4, -0.2) is 42.6 Å². The highest BCUT2D eigenvalue weighted by Gasteiger charge is 2.86. The van der Waals surface area contributed by atoms with E-state index in [1.54, 1.807) is 0 Å². The van der Waals surface area contributed by atoms with E-state index in [0.29, 0.717) is 5.39 Å². The Morgan fingerprint density at radius 2 is 1.02 bits per heavy atom. The number of carbonyl (C=O) groups excluding carboxylic acids is 1. The summed E-state index contributed by atoms with van der Waals surface area (Å²) < 4.78 is 157. The molecule has 0 saturated heterocycles. The summed E-state index contributed by atoms with van der Waals surface area (Å²) in [7, 11) is -11.6. The zero-order valence-corrected chi connectivity index (χ0v) is 26.0. The molecule has 5 aromatic carbocycles. The van der Waals surface area contributed by atoms with Gasteiger partial charge >= 0.3 is 33.4 Å². The molecule has 49 heavy (non-hydrogen) atoms. The van der Waals surface area contributed by atoms with Crippen LogP contribution in [0.5, 0.6) is 5.75 Å². The number of hydrogen-bond donors (Lipinski definition) is 1. The van der Waals surface area contributed by atoms with E-state index >= 15 is 8.78 Å². The fraction of sp³-hybridized carbons (Fsp3) is 0.121. The molecule has 0 saturated carbocycles. The highest BCUT2D eigenvalue weighted by atomic mass is 32.3. The molecule has 0 bridgehead atoms. The van der Waals surface area contributed by atoms with Gasteiger partial charge in [0.1, 0.15) is 5.75 Å². The first-order valence-electron chi connectivity index (χ1n) is 13.7. The van der Waals surface area contributed by atoms with Crippen molar-refractivity contribution in [3.63, 3.8) is 0 Å². The van der Waals surface area contributed by atoms with E-state index in [2.05, 4.69) is 0 Å². The average Bonchev–Trinajstić information content (AvgIpc) is 3.06. The number of carbonyl (C=O) groups is 1. The zero-order valence-electron chi connectivity index (χ0n) is 24.3. The van der Waals surface area contributed by atoms with Gasteiger partial charge in [-0.15, -0.1) is 0 Å². The molecule has 5 aromatic rings. The average molecular weight is 733 g/mol. The quantitative estimate of drug-likeness (QED) is 0.114. The van der Waals surface area contributed by atoms with Gasteiger partial charge in [0, 0.05) is 25.8 Å². The first kappa shape index (κ1) is 35.8. The molecule has 0 heterocycles. The van der Waals surface area contributed by atoms with E-state index in [1.807, 2.05) is 0 Å². The number of aromatic hydroxyl groups is 1. The van der Waals surface area contributed by atoms with Gasteiger partial charge in [0.2, 0.25) is 0 Å². The number of fused-ring (bicyclic) bond motifs is 1. The van der Waals surface area contributed by atoms with Crippen LogP contribution in [0.1, 0.15) is 15.9 Å². The number of ketones is 1. The van der Waals surface area contributed by atoms with Gasteiger partial charge in [0.15, 0.2) is 5.78 Å². The van der Waals surface area contributed by atoms with Crippen LogP contribution in [0.3, 0.4) is 0 Å². The maximum Gasteiger partial charge on any atom is 0.460 e. The van der Waals surface area contributed by atoms with Crippen molar-refractivity contribution >= 4 is 37.0 Å². The SMILES string of the molecule is O=C(c1ccc(O)cc1)c1ccc2cc(S(OS(=O)(=O)C(F)(F)C(F)(F)C(F)(F)C(F)(F)F)(c3ccccc3)c3ccccc3)ccc2c1. The second-order valence-electron chi connectivity index (χ2n) is 10.5. The van der Waals surface area contributed by atoms with Crippen LogP contribution in [0.4, 0.5) is 39.5 Å². The number of benzene rings is 5. The van der Waals surface area contributed by atoms with Crippen molar-refractivity contribution in [2.75, 3.05) is 0 Å². The molecule has 0 fully saturated rings. The summed E-state index contributed by atoms with van der Waals surface area (Å²) in [6.45, 7) is 0. The Hall–Kier alpha value is -4.54. The lowest BCUT2D eigenvalue weighted by Gasteiger charge is -2.41. The lowest BCUT2D eigenvalue weighted by Crippen LogP contribution is -2.63. The fourth-order valence-corrected chi connectivity index (χ4v) is 10.0. The van der Waals surface area contributed by atoms with Crippen LogP contribution >= 0.6 is 10.3 Å². The van der Waals surface area contributed by atoms with Crippen LogP contribution in [-0.2, 0) is 13.7 Å². The number of phenols is 1. The first-order valence-corrected chi connectivity index (χ1v) is 16.7. The Morgan fingerprint density at radius 1 is 0.551 bits per heavy atom. The molecular formula is C33H21F9O5S2. The molecule has 0 aliphatic rings. The van der Waals surface area contributed by atoms with Gasteiger partial charge in [0.25, 0.3) is 0 Å². The van der Waals surface area contributed by atoms with Gasteiger partial charge in [-0.05, 0) is 87.8 Å². The maximum atomic E-state index is 15.1. The van der Waals surface area contributed by atoms with E-state index in [9.17, 15) is 49.1 Å². The first-order chi connectivity index (χ1) is 22.8. The minimum atomic E-state index is -7.51. The van der Waals surface area contributed by atoms with Crippen molar-refractivity contribution in [2.24, 2.45) is 0 Å². The normalized spacial score (nSPS) is 13.7. The molecule has 5 rings (SSSR count). The molecule has 16 heteroatoms. The van der Waals surface area contributed by atoms with Gasteiger partial charge < -0.3 is 5.11 Å². The molecule has 5 nitrogen and oxygen atoms in total. The van der Waals surface area contributed by atoms with Crippen molar-refractivity contribution in [2.45, 2.75) is 38.0 Å². The molecule has 0 atom stereocenters. The standard InChI is InChI=1S/C33H21F9O5S2/c34-30(35,32(38,39)40)31(36,37)33(41,42)49(45,46)47-48(26-7-3-1-4-8-26,27-9-5-2-6-10-27)28-18-15-22-19-24(12-11-23(22)20-28)29(44)21-13-16-25(43)17-14-21/h1-20,43H. The van der Waals surface area contributed by atoms with Crippen molar-refractivity contribution < 1.29 is 61.5 Å². The summed E-state index contributed by atoms with van der Waals surface area (Å²) in [4.78, 5) is 12.3. The Morgan fingerprint density at radius 3 is 1.53 bits per heavy atom. The van der Waals surface area contributed by atoms with Crippen molar-refractivity contribution in [1.82, 2.24) is 0 Å². The summed E-state index contributed by atoms with van der Waals surface area (Å²) in [6, 6.07) is 26.1. The highest BCUT2D eigenvalue weighted by Crippen LogP contribution is 2.71. The lowest BCUT2D eigenvalue weighted by molar-refractivity contribution is -0.382. The Kier molecular flexibility index (Phi) is 9.06. The molecule has 0 spiro atoms. The summed E-state index contributed by atoms with van der Waals surface area (Å²) in [5, 5.41) is 2.99. The van der Waals surface area contributed by atoms with Gasteiger partial charge in [-0.1, -0.05) is 54.6 Å². The Bertz CT molecular complexity index is 2070. The van der Waals surface area contributed by atoms with Crippen molar-refractivity contribution in [3.05, 3.63) is 132 Å². The zero-order chi connectivity index (χ0) is 36.0. The third-order valence-corrected chi connectivity index (χ3v) is 12.5. The Balaban J connectivity index is 1.72. The van der Waals surface area contributed by atoms with Gasteiger partial charge in [-0.25, -0.2) is 3.63 Å². The number of phenolic OH excluding ortho intramolecular Hbond substituents is 1. The topological polar surface area (TPSA) is 80.7 Å². The summed E-state index contributed by atoms with van der Waals surface area (Å²) >= 11 is 0. The monoisotopic (exact) mass is 732 g/mol. The second kappa shape index (κ2) is 12.4. The second-order valence-corrected chi connectivity index (χ2v) is 15.0. The largest absolute Gasteiger partial charge is 0.508 e. The Labute approximate surface area is 274 Å². The van der Waals surface area contributed by atoms with Crippen LogP contribution in [0.25, 0.3) is 10.8 Å². The van der Waals surface area contributed by atoms with Crippen LogP contribution in [0.15, 0.2) is 136 Å². The van der Waals surface area contributed by atoms with E-state index in [4.69, 9.17) is 3.63 Å². The predicted molar refractivity (Wildman–Crippen MR) is 162 cm³/mol. The molecule has 0 unspecified atom stereocenters.